The maximum Gasteiger partial charge on any atom is 0.341 e. The average molecular weight is 665 g/mol. The van der Waals surface area contributed by atoms with E-state index >= 15 is 8.78 Å². The van der Waals surface area contributed by atoms with Crippen LogP contribution in [0.4, 0.5) is 20.2 Å². The minimum Gasteiger partial charge on any atom is -0.487 e. The Bertz CT molecular complexity index is 2090. The molecule has 2 fully saturated rings. The molecule has 3 aliphatic heterocycles. The summed E-state index contributed by atoms with van der Waals surface area (Å²) in [5.41, 5.74) is -1.31. The second-order valence-corrected chi connectivity index (χ2v) is 12.3. The Morgan fingerprint density at radius 3 is 2.10 bits per heavy atom. The molecule has 0 spiro atoms. The molecule has 13 nitrogen and oxygen atoms in total. The van der Waals surface area contributed by atoms with Gasteiger partial charge in [-0.15, -0.1) is 0 Å². The molecular formula is C33H34F2N6O7. The first-order chi connectivity index (χ1) is 23.1. The summed E-state index contributed by atoms with van der Waals surface area (Å²) in [6, 6.07) is 3.31. The van der Waals surface area contributed by atoms with E-state index < -0.39 is 51.6 Å². The van der Waals surface area contributed by atoms with Gasteiger partial charge >= 0.3 is 11.9 Å². The molecule has 252 valence electrons. The van der Waals surface area contributed by atoms with Crippen LogP contribution < -0.4 is 36.0 Å². The maximum atomic E-state index is 15.6. The van der Waals surface area contributed by atoms with Gasteiger partial charge in [-0.2, -0.15) is 0 Å². The van der Waals surface area contributed by atoms with Crippen molar-refractivity contribution in [2.75, 3.05) is 68.8 Å². The Morgan fingerprint density at radius 2 is 1.44 bits per heavy atom. The summed E-state index contributed by atoms with van der Waals surface area (Å²) >= 11 is 0. The molecule has 7 rings (SSSR count). The molecular weight excluding hydrogens is 630 g/mol. The van der Waals surface area contributed by atoms with E-state index in [-0.39, 0.29) is 35.4 Å². The van der Waals surface area contributed by atoms with Gasteiger partial charge in [0.15, 0.2) is 11.6 Å². The SMILES string of the molecule is O=C(O)c1cn(CCCC2COc3c(N4CCNCC4)c(F)cc4c(=O)c(C(=O)O)cn2c34)c2cc(N3CCNCC3)c(F)cc2c1=O. The number of carboxylic acid groups (broad SMARTS) is 2. The molecule has 4 N–H and O–H groups in total. The molecule has 1 atom stereocenters. The zero-order valence-corrected chi connectivity index (χ0v) is 25.9. The Labute approximate surface area is 271 Å². The first-order valence-electron chi connectivity index (χ1n) is 15.9. The van der Waals surface area contributed by atoms with Crippen LogP contribution in [0.3, 0.4) is 0 Å². The number of carbonyl (C=O) groups is 2. The molecule has 0 radical (unpaired) electrons. The number of aromatic carboxylic acids is 2. The number of aryl methyl sites for hydroxylation is 1. The first-order valence-corrected chi connectivity index (χ1v) is 15.9. The van der Waals surface area contributed by atoms with Crippen LogP contribution in [0.1, 0.15) is 39.6 Å². The number of carboxylic acids is 2. The fourth-order valence-electron chi connectivity index (χ4n) is 7.07. The van der Waals surface area contributed by atoms with Gasteiger partial charge in [0.25, 0.3) is 0 Å². The largest absolute Gasteiger partial charge is 0.487 e. The average Bonchev–Trinajstić information content (AvgIpc) is 3.08. The number of nitrogens with zero attached hydrogens (tertiary/aromatic N) is 4. The normalized spacial score (nSPS) is 17.9. The predicted molar refractivity (Wildman–Crippen MR) is 174 cm³/mol. The number of benzene rings is 2. The highest BCUT2D eigenvalue weighted by Gasteiger charge is 2.32. The standard InChI is InChI=1S/C33H34F2N6O7/c34-23-12-19-25(14-26(23)38-8-3-36-4-9-38)40(15-21(29(19)42)32(44)45)7-1-2-18-17-48-31-27-20(30(43)22(33(46)47)16-41(18)27)13-24(35)28(31)39-10-5-37-6-11-39/h12-16,18,36-37H,1-11,17H2,(H,44,45)(H,46,47). The number of piperazine rings is 2. The highest BCUT2D eigenvalue weighted by molar-refractivity contribution is 5.97. The summed E-state index contributed by atoms with van der Waals surface area (Å²) in [7, 11) is 0. The lowest BCUT2D eigenvalue weighted by atomic mass is 10.0. The van der Waals surface area contributed by atoms with Crippen molar-refractivity contribution in [3.63, 3.8) is 0 Å². The van der Waals surface area contributed by atoms with Crippen molar-refractivity contribution in [1.82, 2.24) is 19.8 Å². The van der Waals surface area contributed by atoms with Crippen LogP contribution in [0.25, 0.3) is 21.8 Å². The molecule has 0 aliphatic carbocycles. The van der Waals surface area contributed by atoms with Gasteiger partial charge in [0.1, 0.15) is 29.2 Å². The summed E-state index contributed by atoms with van der Waals surface area (Å²) in [5, 5.41) is 25.9. The van der Waals surface area contributed by atoms with E-state index in [0.717, 1.165) is 12.1 Å². The van der Waals surface area contributed by atoms with E-state index in [0.29, 0.717) is 81.9 Å². The molecule has 48 heavy (non-hydrogen) atoms. The molecule has 2 saturated heterocycles. The van der Waals surface area contributed by atoms with Gasteiger partial charge in [-0.25, -0.2) is 18.4 Å². The monoisotopic (exact) mass is 664 g/mol. The molecule has 5 heterocycles. The number of nitrogens with one attached hydrogen (secondary N) is 2. The summed E-state index contributed by atoms with van der Waals surface area (Å²) in [6.45, 7) is 5.07. The number of anilines is 2. The Kier molecular flexibility index (Phi) is 8.25. The Morgan fingerprint density at radius 1 is 0.833 bits per heavy atom. The van der Waals surface area contributed by atoms with Crippen molar-refractivity contribution < 1.29 is 33.3 Å². The lowest BCUT2D eigenvalue weighted by molar-refractivity contribution is 0.0683. The van der Waals surface area contributed by atoms with Crippen molar-refractivity contribution in [3.8, 4) is 5.75 Å². The Hall–Kier alpha value is -5.02. The van der Waals surface area contributed by atoms with Crippen LogP contribution in [-0.2, 0) is 6.54 Å². The van der Waals surface area contributed by atoms with Gasteiger partial charge < -0.3 is 44.5 Å². The minimum absolute atomic E-state index is 0.0445. The molecule has 0 bridgehead atoms. The summed E-state index contributed by atoms with van der Waals surface area (Å²) in [4.78, 5) is 54.1. The second-order valence-electron chi connectivity index (χ2n) is 12.3. The van der Waals surface area contributed by atoms with Gasteiger partial charge in [0, 0.05) is 76.7 Å². The van der Waals surface area contributed by atoms with Crippen LogP contribution in [0, 0.1) is 11.6 Å². The zero-order valence-electron chi connectivity index (χ0n) is 25.9. The molecule has 0 amide bonds. The van der Waals surface area contributed by atoms with Gasteiger partial charge in [-0.3, -0.25) is 9.59 Å². The van der Waals surface area contributed by atoms with Crippen molar-refractivity contribution in [2.45, 2.75) is 25.4 Å². The molecule has 4 aromatic rings. The molecule has 0 saturated carbocycles. The van der Waals surface area contributed by atoms with Crippen molar-refractivity contribution in [3.05, 3.63) is 73.8 Å². The van der Waals surface area contributed by atoms with E-state index in [4.69, 9.17) is 4.74 Å². The molecule has 3 aliphatic rings. The van der Waals surface area contributed by atoms with Crippen molar-refractivity contribution in [2.24, 2.45) is 0 Å². The topological polar surface area (TPSA) is 158 Å². The van der Waals surface area contributed by atoms with E-state index in [1.165, 1.54) is 12.4 Å². The summed E-state index contributed by atoms with van der Waals surface area (Å²) in [6.07, 6.45) is 3.34. The number of aromatic nitrogens is 2. The third-order valence-corrected chi connectivity index (χ3v) is 9.45. The first kappa shape index (κ1) is 31.6. The molecule has 2 aromatic heterocycles. The van der Waals surface area contributed by atoms with E-state index in [1.807, 2.05) is 9.80 Å². The van der Waals surface area contributed by atoms with Crippen LogP contribution in [0.15, 0.2) is 40.2 Å². The maximum absolute atomic E-state index is 15.6. The van der Waals surface area contributed by atoms with Gasteiger partial charge in [0.05, 0.1) is 28.1 Å². The Balaban J connectivity index is 1.26. The number of ether oxygens (including phenoxy) is 1. The molecule has 1 unspecified atom stereocenters. The van der Waals surface area contributed by atoms with E-state index in [2.05, 4.69) is 10.6 Å². The summed E-state index contributed by atoms with van der Waals surface area (Å²) < 4.78 is 40.4. The number of pyridine rings is 2. The van der Waals surface area contributed by atoms with Crippen molar-refractivity contribution in [1.29, 1.82) is 0 Å². The number of hydrogen-bond acceptors (Lipinski definition) is 9. The van der Waals surface area contributed by atoms with Gasteiger partial charge in [-0.1, -0.05) is 0 Å². The van der Waals surface area contributed by atoms with Crippen LogP contribution in [0.5, 0.6) is 5.75 Å². The number of hydrogen-bond donors (Lipinski definition) is 4. The third kappa shape index (κ3) is 5.42. The number of rotatable bonds is 8. The molecule has 2 aromatic carbocycles. The lowest BCUT2D eigenvalue weighted by Crippen LogP contribution is -2.44. The quantitative estimate of drug-likeness (QED) is 0.219. The van der Waals surface area contributed by atoms with Gasteiger partial charge in [0.2, 0.25) is 10.9 Å². The fraction of sp³-hybridized carbons (Fsp3) is 0.394. The lowest BCUT2D eigenvalue weighted by Gasteiger charge is -2.35. The summed E-state index contributed by atoms with van der Waals surface area (Å²) in [5.74, 6) is -3.94. The predicted octanol–water partition coefficient (Wildman–Crippen LogP) is 2.22. The third-order valence-electron chi connectivity index (χ3n) is 9.45. The highest BCUT2D eigenvalue weighted by Crippen LogP contribution is 2.42. The second kappa shape index (κ2) is 12.5. The zero-order chi connectivity index (χ0) is 33.7. The van der Waals surface area contributed by atoms with Crippen LogP contribution >= 0.6 is 0 Å². The number of halogens is 2. The van der Waals surface area contributed by atoms with Crippen LogP contribution in [0.2, 0.25) is 0 Å². The number of fused-ring (bicyclic) bond motifs is 1. The van der Waals surface area contributed by atoms with Crippen molar-refractivity contribution >= 4 is 45.1 Å². The highest BCUT2D eigenvalue weighted by atomic mass is 19.1. The van der Waals surface area contributed by atoms with Gasteiger partial charge in [-0.05, 0) is 31.0 Å². The van der Waals surface area contributed by atoms with E-state index in [9.17, 15) is 29.4 Å². The smallest absolute Gasteiger partial charge is 0.341 e. The fourth-order valence-corrected chi connectivity index (χ4v) is 7.07. The molecule has 15 heteroatoms. The minimum atomic E-state index is -1.43. The van der Waals surface area contributed by atoms with Crippen LogP contribution in [-0.4, -0.2) is 90.3 Å². The van der Waals surface area contributed by atoms with E-state index in [1.54, 1.807) is 15.2 Å².